The minimum Gasteiger partial charge on any atom is -0.462 e. The highest BCUT2D eigenvalue weighted by Gasteiger charge is 2.14. The van der Waals surface area contributed by atoms with Crippen molar-refractivity contribution in [2.45, 2.75) is 19.2 Å². The van der Waals surface area contributed by atoms with Crippen LogP contribution in [-0.4, -0.2) is 12.6 Å². The van der Waals surface area contributed by atoms with Crippen molar-refractivity contribution in [2.24, 2.45) is 0 Å². The van der Waals surface area contributed by atoms with Crippen molar-refractivity contribution in [3.63, 3.8) is 0 Å². The monoisotopic (exact) mass is 281 g/mol. The van der Waals surface area contributed by atoms with E-state index in [0.29, 0.717) is 28.6 Å². The van der Waals surface area contributed by atoms with Crippen molar-refractivity contribution in [3.05, 3.63) is 34.4 Å². The smallest absolute Gasteiger partial charge is 0.338 e. The summed E-state index contributed by atoms with van der Waals surface area (Å²) >= 11 is 3.31. The molecule has 0 aliphatic heterocycles. The molecule has 3 nitrogen and oxygen atoms in total. The summed E-state index contributed by atoms with van der Waals surface area (Å²) in [5.74, 6) is -0.376. The van der Waals surface area contributed by atoms with E-state index in [2.05, 4.69) is 22.0 Å². The summed E-state index contributed by atoms with van der Waals surface area (Å²) in [5, 5.41) is 9.56. The van der Waals surface area contributed by atoms with Crippen molar-refractivity contribution >= 4 is 21.9 Å². The molecule has 0 aliphatic carbocycles. The average Bonchev–Trinajstić information content (AvgIpc) is 2.29. The normalized spacial score (nSPS) is 9.62. The Morgan fingerprint density at radius 1 is 1.56 bits per heavy atom. The summed E-state index contributed by atoms with van der Waals surface area (Å²) in [5.41, 5.74) is 2.55. The molecule has 0 heterocycles. The minimum absolute atomic E-state index is 0.332. The Morgan fingerprint density at radius 2 is 2.25 bits per heavy atom. The van der Waals surface area contributed by atoms with Crippen LogP contribution in [0.1, 0.15) is 34.0 Å². The highest BCUT2D eigenvalue weighted by Crippen LogP contribution is 2.19. The number of carbonyl (C=O) groups is 1. The number of ether oxygens (including phenoxy) is 1. The zero-order valence-corrected chi connectivity index (χ0v) is 10.8. The molecule has 0 saturated heterocycles. The maximum Gasteiger partial charge on any atom is 0.338 e. The molecule has 0 N–H and O–H groups in total. The molecular formula is C12H12BrNO2. The van der Waals surface area contributed by atoms with Gasteiger partial charge in [0.2, 0.25) is 0 Å². The lowest BCUT2D eigenvalue weighted by Gasteiger charge is -2.08. The Morgan fingerprint density at radius 3 is 2.75 bits per heavy atom. The molecule has 0 saturated carbocycles. The van der Waals surface area contributed by atoms with Gasteiger partial charge < -0.3 is 4.74 Å². The standard InChI is InChI=1S/C12H12BrNO2/c1-3-16-12(15)11-5-9(6-13)4-10(7-14)8(11)2/h4-5H,3,6H2,1-2H3. The first-order chi connectivity index (χ1) is 7.63. The minimum atomic E-state index is -0.376. The molecule has 0 unspecified atom stereocenters. The molecule has 0 aromatic heterocycles. The lowest BCUT2D eigenvalue weighted by molar-refractivity contribution is 0.0525. The predicted octanol–water partition coefficient (Wildman–Crippen LogP) is 2.94. The number of hydrogen-bond donors (Lipinski definition) is 0. The maximum absolute atomic E-state index is 11.7. The lowest BCUT2D eigenvalue weighted by atomic mass is 10.00. The van der Waals surface area contributed by atoms with Gasteiger partial charge in [0, 0.05) is 5.33 Å². The fraction of sp³-hybridized carbons (Fsp3) is 0.333. The SMILES string of the molecule is CCOC(=O)c1cc(CBr)cc(C#N)c1C. The molecule has 0 amide bonds. The lowest BCUT2D eigenvalue weighted by Crippen LogP contribution is -2.08. The summed E-state index contributed by atoms with van der Waals surface area (Å²) in [6, 6.07) is 5.60. The molecule has 0 aliphatic rings. The van der Waals surface area contributed by atoms with Crippen LogP contribution >= 0.6 is 15.9 Å². The summed E-state index contributed by atoms with van der Waals surface area (Å²) in [7, 11) is 0. The largest absolute Gasteiger partial charge is 0.462 e. The Hall–Kier alpha value is -1.34. The van der Waals surface area contributed by atoms with E-state index in [-0.39, 0.29) is 5.97 Å². The number of rotatable bonds is 3. The van der Waals surface area contributed by atoms with Crippen LogP contribution < -0.4 is 0 Å². The van der Waals surface area contributed by atoms with Crippen LogP contribution in [0.2, 0.25) is 0 Å². The van der Waals surface area contributed by atoms with Gasteiger partial charge in [0.05, 0.1) is 23.8 Å². The van der Waals surface area contributed by atoms with Gasteiger partial charge in [-0.05, 0) is 37.1 Å². The molecule has 4 heteroatoms. The molecule has 16 heavy (non-hydrogen) atoms. The van der Waals surface area contributed by atoms with Crippen molar-refractivity contribution in [1.82, 2.24) is 0 Å². The Bertz CT molecular complexity index is 449. The molecule has 1 aromatic carbocycles. The number of halogens is 1. The van der Waals surface area contributed by atoms with E-state index in [1.165, 1.54) is 0 Å². The van der Waals surface area contributed by atoms with E-state index in [9.17, 15) is 4.79 Å². The molecule has 1 rings (SSSR count). The van der Waals surface area contributed by atoms with Crippen LogP contribution in [0.4, 0.5) is 0 Å². The number of alkyl halides is 1. The molecule has 84 valence electrons. The quantitative estimate of drug-likeness (QED) is 0.632. The second-order valence-electron chi connectivity index (χ2n) is 3.28. The van der Waals surface area contributed by atoms with Gasteiger partial charge in [0.1, 0.15) is 0 Å². The van der Waals surface area contributed by atoms with Gasteiger partial charge in [-0.1, -0.05) is 15.9 Å². The Balaban J connectivity index is 3.27. The van der Waals surface area contributed by atoms with Gasteiger partial charge in [-0.2, -0.15) is 5.26 Å². The fourth-order valence-corrected chi connectivity index (χ4v) is 1.71. The topological polar surface area (TPSA) is 50.1 Å². The third kappa shape index (κ3) is 2.61. The average molecular weight is 282 g/mol. The highest BCUT2D eigenvalue weighted by atomic mass is 79.9. The van der Waals surface area contributed by atoms with Crippen LogP contribution in [-0.2, 0) is 10.1 Å². The number of carbonyl (C=O) groups excluding carboxylic acids is 1. The number of nitriles is 1. The summed E-state index contributed by atoms with van der Waals surface area (Å²) in [6.45, 7) is 3.84. The zero-order chi connectivity index (χ0) is 12.1. The van der Waals surface area contributed by atoms with Crippen molar-refractivity contribution < 1.29 is 9.53 Å². The second-order valence-corrected chi connectivity index (χ2v) is 3.84. The Kier molecular flexibility index (Phi) is 4.51. The van der Waals surface area contributed by atoms with Gasteiger partial charge in [0.25, 0.3) is 0 Å². The first-order valence-electron chi connectivity index (χ1n) is 4.90. The summed E-state index contributed by atoms with van der Waals surface area (Å²) in [6.07, 6.45) is 0. The second kappa shape index (κ2) is 5.66. The first-order valence-corrected chi connectivity index (χ1v) is 6.02. The van der Waals surface area contributed by atoms with E-state index in [1.54, 1.807) is 26.0 Å². The maximum atomic E-state index is 11.7. The van der Waals surface area contributed by atoms with Gasteiger partial charge in [-0.15, -0.1) is 0 Å². The Labute approximate surface area is 103 Å². The first kappa shape index (κ1) is 12.7. The number of nitrogens with zero attached hydrogens (tertiary/aromatic N) is 1. The third-order valence-electron chi connectivity index (χ3n) is 2.24. The van der Waals surface area contributed by atoms with E-state index in [4.69, 9.17) is 10.00 Å². The molecule has 0 fully saturated rings. The van der Waals surface area contributed by atoms with E-state index < -0.39 is 0 Å². The van der Waals surface area contributed by atoms with Crippen LogP contribution in [0.25, 0.3) is 0 Å². The van der Waals surface area contributed by atoms with E-state index in [1.807, 2.05) is 0 Å². The van der Waals surface area contributed by atoms with Gasteiger partial charge in [-0.25, -0.2) is 4.79 Å². The predicted molar refractivity (Wildman–Crippen MR) is 64.5 cm³/mol. The van der Waals surface area contributed by atoms with E-state index in [0.717, 1.165) is 5.56 Å². The third-order valence-corrected chi connectivity index (χ3v) is 2.89. The van der Waals surface area contributed by atoms with Crippen LogP contribution in [0.15, 0.2) is 12.1 Å². The zero-order valence-electron chi connectivity index (χ0n) is 9.21. The molecular weight excluding hydrogens is 270 g/mol. The van der Waals surface area contributed by atoms with E-state index >= 15 is 0 Å². The van der Waals surface area contributed by atoms with Gasteiger partial charge >= 0.3 is 5.97 Å². The van der Waals surface area contributed by atoms with Crippen molar-refractivity contribution in [3.8, 4) is 6.07 Å². The van der Waals surface area contributed by atoms with Gasteiger partial charge in [-0.3, -0.25) is 0 Å². The van der Waals surface area contributed by atoms with Crippen LogP contribution in [0, 0.1) is 18.3 Å². The molecule has 0 bridgehead atoms. The van der Waals surface area contributed by atoms with Crippen LogP contribution in [0.5, 0.6) is 0 Å². The number of benzene rings is 1. The van der Waals surface area contributed by atoms with Crippen LogP contribution in [0.3, 0.4) is 0 Å². The van der Waals surface area contributed by atoms with Gasteiger partial charge in [0.15, 0.2) is 0 Å². The van der Waals surface area contributed by atoms with Crippen molar-refractivity contribution in [1.29, 1.82) is 5.26 Å². The molecule has 1 aromatic rings. The molecule has 0 spiro atoms. The molecule has 0 atom stereocenters. The number of esters is 1. The number of hydrogen-bond acceptors (Lipinski definition) is 3. The molecule has 0 radical (unpaired) electrons. The fourth-order valence-electron chi connectivity index (χ4n) is 1.39. The van der Waals surface area contributed by atoms with Crippen molar-refractivity contribution in [2.75, 3.05) is 6.61 Å². The summed E-state index contributed by atoms with van der Waals surface area (Å²) < 4.78 is 4.94. The highest BCUT2D eigenvalue weighted by molar-refractivity contribution is 9.08. The summed E-state index contributed by atoms with van der Waals surface area (Å²) in [4.78, 5) is 11.7.